The molecule has 1 heterocycles. The average Bonchev–Trinajstić information content (AvgIpc) is 2.80. The molecule has 0 saturated heterocycles. The molecule has 5 heteroatoms. The van der Waals surface area contributed by atoms with Crippen LogP contribution < -0.4 is 0 Å². The molecule has 0 unspecified atom stereocenters. The van der Waals surface area contributed by atoms with Crippen LogP contribution in [-0.2, 0) is 31.2 Å². The number of benzene rings is 2. The third-order valence-corrected chi connectivity index (χ3v) is 4.38. The Morgan fingerprint density at radius 2 is 1.58 bits per heavy atom. The lowest BCUT2D eigenvalue weighted by Gasteiger charge is -2.17. The monoisotopic (exact) mass is 343 g/mol. The zero-order chi connectivity index (χ0) is 17.3. The molecular formula is C19H16FO3S+. The molecule has 0 saturated carbocycles. The highest BCUT2D eigenvalue weighted by atomic mass is 32.1. The molecule has 0 aliphatic carbocycles. The SMILES string of the molecule is CC1(C)OC(c2ccc(C[S+]=O)cc2)=C(c2ccc(F)cc2)C1=O. The summed E-state index contributed by atoms with van der Waals surface area (Å²) in [6, 6.07) is 13.2. The number of carbonyl (C=O) groups is 1. The van der Waals surface area contributed by atoms with E-state index in [1.54, 1.807) is 26.0 Å². The third-order valence-electron chi connectivity index (χ3n) is 3.93. The van der Waals surface area contributed by atoms with Gasteiger partial charge < -0.3 is 4.74 Å². The van der Waals surface area contributed by atoms with Crippen molar-refractivity contribution < 1.29 is 18.1 Å². The van der Waals surface area contributed by atoms with Crippen molar-refractivity contribution in [2.45, 2.75) is 25.2 Å². The predicted molar refractivity (Wildman–Crippen MR) is 91.6 cm³/mol. The maximum atomic E-state index is 13.2. The third kappa shape index (κ3) is 2.99. The smallest absolute Gasteiger partial charge is 0.463 e. The Hall–Kier alpha value is -2.40. The lowest BCUT2D eigenvalue weighted by atomic mass is 9.92. The van der Waals surface area contributed by atoms with Crippen molar-refractivity contribution in [2.75, 3.05) is 0 Å². The Balaban J connectivity index is 2.10. The van der Waals surface area contributed by atoms with E-state index in [9.17, 15) is 13.4 Å². The maximum absolute atomic E-state index is 13.2. The lowest BCUT2D eigenvalue weighted by molar-refractivity contribution is -0.125. The van der Waals surface area contributed by atoms with Crippen LogP contribution in [0.25, 0.3) is 11.3 Å². The molecule has 1 aliphatic rings. The van der Waals surface area contributed by atoms with Gasteiger partial charge in [0.25, 0.3) is 5.75 Å². The number of carbonyl (C=O) groups excluding carboxylic acids is 1. The van der Waals surface area contributed by atoms with Crippen molar-refractivity contribution >= 4 is 28.8 Å². The van der Waals surface area contributed by atoms with Gasteiger partial charge >= 0.3 is 11.7 Å². The van der Waals surface area contributed by atoms with E-state index in [1.807, 2.05) is 24.3 Å². The summed E-state index contributed by atoms with van der Waals surface area (Å²) in [4.78, 5) is 12.7. The summed E-state index contributed by atoms with van der Waals surface area (Å²) in [6.45, 7) is 3.43. The van der Waals surface area contributed by atoms with E-state index in [1.165, 1.54) is 12.1 Å². The van der Waals surface area contributed by atoms with Gasteiger partial charge in [-0.2, -0.15) is 0 Å². The zero-order valence-electron chi connectivity index (χ0n) is 13.3. The van der Waals surface area contributed by atoms with Crippen molar-refractivity contribution in [3.05, 3.63) is 71.0 Å². The number of hydrogen-bond donors (Lipinski definition) is 0. The van der Waals surface area contributed by atoms with Crippen molar-refractivity contribution in [3.63, 3.8) is 0 Å². The van der Waals surface area contributed by atoms with Gasteiger partial charge in [-0.05, 0) is 31.5 Å². The van der Waals surface area contributed by atoms with E-state index >= 15 is 0 Å². The molecule has 3 nitrogen and oxygen atoms in total. The number of Topliss-reactive ketones (excluding diaryl/α,β-unsaturated/α-hetero) is 1. The molecule has 122 valence electrons. The molecule has 1 aliphatic heterocycles. The first-order chi connectivity index (χ1) is 11.4. The molecule has 0 aromatic heterocycles. The van der Waals surface area contributed by atoms with Crippen LogP contribution in [-0.4, -0.2) is 11.4 Å². The van der Waals surface area contributed by atoms with Crippen LogP contribution in [0.3, 0.4) is 0 Å². The second kappa shape index (κ2) is 6.24. The Bertz CT molecular complexity index is 821. The van der Waals surface area contributed by atoms with Gasteiger partial charge in [-0.25, -0.2) is 4.39 Å². The summed E-state index contributed by atoms with van der Waals surface area (Å²) in [5, 5.41) is 0. The summed E-state index contributed by atoms with van der Waals surface area (Å²) in [5.74, 6) is 0.377. The minimum atomic E-state index is -0.970. The van der Waals surface area contributed by atoms with Gasteiger partial charge in [0.05, 0.1) is 5.57 Å². The van der Waals surface area contributed by atoms with Gasteiger partial charge in [-0.3, -0.25) is 4.79 Å². The van der Waals surface area contributed by atoms with Crippen LogP contribution in [0.5, 0.6) is 0 Å². The second-order valence-electron chi connectivity index (χ2n) is 6.11. The minimum absolute atomic E-state index is 0.136. The molecule has 2 aromatic rings. The van der Waals surface area contributed by atoms with E-state index in [0.717, 1.165) is 11.1 Å². The topological polar surface area (TPSA) is 43.4 Å². The fraction of sp³-hybridized carbons (Fsp3) is 0.211. The molecule has 24 heavy (non-hydrogen) atoms. The van der Waals surface area contributed by atoms with Gasteiger partial charge in [-0.15, -0.1) is 0 Å². The van der Waals surface area contributed by atoms with Gasteiger partial charge in [0, 0.05) is 15.3 Å². The van der Waals surface area contributed by atoms with Gasteiger partial charge in [-0.1, -0.05) is 36.4 Å². The fourth-order valence-electron chi connectivity index (χ4n) is 2.66. The van der Waals surface area contributed by atoms with Gasteiger partial charge in [0.2, 0.25) is 5.78 Å². The van der Waals surface area contributed by atoms with E-state index in [2.05, 4.69) is 0 Å². The summed E-state index contributed by atoms with van der Waals surface area (Å²) in [5.41, 5.74) is 1.77. The quantitative estimate of drug-likeness (QED) is 0.788. The van der Waals surface area contributed by atoms with Crippen molar-refractivity contribution in [1.29, 1.82) is 0 Å². The largest absolute Gasteiger partial charge is 0.478 e. The summed E-state index contributed by atoms with van der Waals surface area (Å²) >= 11 is 0.509. The molecular weight excluding hydrogens is 327 g/mol. The summed E-state index contributed by atoms with van der Waals surface area (Å²) < 4.78 is 29.8. The number of ether oxygens (including phenoxy) is 1. The normalized spacial score (nSPS) is 16.2. The van der Waals surface area contributed by atoms with E-state index < -0.39 is 5.60 Å². The molecule has 3 rings (SSSR count). The highest BCUT2D eigenvalue weighted by Crippen LogP contribution is 2.41. The highest BCUT2D eigenvalue weighted by Gasteiger charge is 2.42. The zero-order valence-corrected chi connectivity index (χ0v) is 14.2. The molecule has 0 N–H and O–H groups in total. The molecule has 0 bridgehead atoms. The number of ketones is 1. The fourth-order valence-corrected chi connectivity index (χ4v) is 2.99. The van der Waals surface area contributed by atoms with E-state index in [-0.39, 0.29) is 11.6 Å². The predicted octanol–water partition coefficient (Wildman–Crippen LogP) is 4.00. The average molecular weight is 343 g/mol. The van der Waals surface area contributed by atoms with Crippen LogP contribution in [0.15, 0.2) is 48.5 Å². The van der Waals surface area contributed by atoms with Crippen LogP contribution in [0.4, 0.5) is 4.39 Å². The molecule has 0 radical (unpaired) electrons. The first-order valence-electron chi connectivity index (χ1n) is 7.50. The van der Waals surface area contributed by atoms with Crippen LogP contribution >= 0.6 is 0 Å². The Kier molecular flexibility index (Phi) is 4.28. The minimum Gasteiger partial charge on any atom is -0.478 e. The molecule has 0 fully saturated rings. The van der Waals surface area contributed by atoms with Crippen LogP contribution in [0.2, 0.25) is 0 Å². The second-order valence-corrected chi connectivity index (χ2v) is 6.64. The van der Waals surface area contributed by atoms with Gasteiger partial charge in [0.15, 0.2) is 5.60 Å². The first-order valence-corrected chi connectivity index (χ1v) is 8.41. The van der Waals surface area contributed by atoms with E-state index in [4.69, 9.17) is 4.74 Å². The molecule has 2 aromatic carbocycles. The maximum Gasteiger partial charge on any atom is 0.463 e. The molecule has 0 atom stereocenters. The van der Waals surface area contributed by atoms with Crippen LogP contribution in [0, 0.1) is 5.82 Å². The van der Waals surface area contributed by atoms with Gasteiger partial charge in [0.1, 0.15) is 11.6 Å². The van der Waals surface area contributed by atoms with E-state index in [0.29, 0.717) is 34.3 Å². The lowest BCUT2D eigenvalue weighted by Crippen LogP contribution is -2.29. The Morgan fingerprint density at radius 3 is 2.17 bits per heavy atom. The molecule has 0 spiro atoms. The Labute approximate surface area is 143 Å². The number of hydrogen-bond acceptors (Lipinski definition) is 3. The van der Waals surface area contributed by atoms with Crippen molar-refractivity contribution in [1.82, 2.24) is 0 Å². The standard InChI is InChI=1S/C19H16FO3S/c1-19(2)18(21)16(13-7-9-15(20)10-8-13)17(23-19)14-5-3-12(4-6-14)11-24-22/h3-10H,11H2,1-2H3/q+1. The number of halogens is 1. The summed E-state index contributed by atoms with van der Waals surface area (Å²) in [6.07, 6.45) is 0. The highest BCUT2D eigenvalue weighted by molar-refractivity contribution is 7.64. The molecule has 0 amide bonds. The Morgan fingerprint density at radius 1 is 1.00 bits per heavy atom. The van der Waals surface area contributed by atoms with Crippen molar-refractivity contribution in [2.24, 2.45) is 0 Å². The van der Waals surface area contributed by atoms with Crippen LogP contribution in [0.1, 0.15) is 30.5 Å². The first kappa shape index (κ1) is 16.5. The van der Waals surface area contributed by atoms with Crippen molar-refractivity contribution in [3.8, 4) is 0 Å². The number of rotatable bonds is 4. The summed E-state index contributed by atoms with van der Waals surface area (Å²) in [7, 11) is 0.